The smallest absolute Gasteiger partial charge is 0.0489 e. The van der Waals surface area contributed by atoms with E-state index in [4.69, 9.17) is 34.8 Å². The first-order valence-electron chi connectivity index (χ1n) is 5.64. The van der Waals surface area contributed by atoms with Crippen molar-refractivity contribution < 1.29 is 0 Å². The maximum atomic E-state index is 6.22. The second-order valence-electron chi connectivity index (χ2n) is 4.14. The van der Waals surface area contributed by atoms with Gasteiger partial charge in [-0.05, 0) is 35.4 Å². The van der Waals surface area contributed by atoms with E-state index in [0.717, 1.165) is 16.1 Å². The molecular weight excluding hydrogens is 339 g/mol. The van der Waals surface area contributed by atoms with Gasteiger partial charge in [0, 0.05) is 36.4 Å². The van der Waals surface area contributed by atoms with E-state index in [1.54, 1.807) is 23.5 Å². The number of halogens is 3. The molecular formula is C14H9Cl3S2. The third kappa shape index (κ3) is 2.74. The molecule has 0 bridgehead atoms. The molecule has 0 aliphatic carbocycles. The molecule has 5 heteroatoms. The van der Waals surface area contributed by atoms with Gasteiger partial charge in [0.25, 0.3) is 0 Å². The van der Waals surface area contributed by atoms with Crippen LogP contribution in [0, 0.1) is 0 Å². The van der Waals surface area contributed by atoms with Crippen LogP contribution < -0.4 is 0 Å². The fraction of sp³-hybridized carbons (Fsp3) is 0.143. The lowest BCUT2D eigenvalue weighted by atomic mass is 10.2. The fourth-order valence-electron chi connectivity index (χ4n) is 1.88. The van der Waals surface area contributed by atoms with Gasteiger partial charge in [0.1, 0.15) is 0 Å². The zero-order valence-corrected chi connectivity index (χ0v) is 13.7. The Hall–Kier alpha value is 0.01000. The molecule has 0 atom stereocenters. The van der Waals surface area contributed by atoms with Gasteiger partial charge in [0.05, 0.1) is 0 Å². The molecule has 0 amide bonds. The van der Waals surface area contributed by atoms with Gasteiger partial charge in [0.15, 0.2) is 0 Å². The van der Waals surface area contributed by atoms with Crippen molar-refractivity contribution in [2.24, 2.45) is 0 Å². The van der Waals surface area contributed by atoms with Crippen molar-refractivity contribution in [3.8, 4) is 0 Å². The highest BCUT2D eigenvalue weighted by atomic mass is 35.5. The first-order chi connectivity index (χ1) is 9.21. The molecule has 1 aliphatic heterocycles. The molecule has 0 saturated heterocycles. The molecule has 0 nitrogen and oxygen atoms in total. The Labute approximate surface area is 135 Å². The third-order valence-corrected chi connectivity index (χ3v) is 6.31. The van der Waals surface area contributed by atoms with Crippen molar-refractivity contribution in [1.29, 1.82) is 0 Å². The van der Waals surface area contributed by atoms with Crippen LogP contribution in [-0.4, -0.2) is 0 Å². The van der Waals surface area contributed by atoms with Gasteiger partial charge in [-0.15, -0.1) is 23.2 Å². The van der Waals surface area contributed by atoms with E-state index in [2.05, 4.69) is 24.3 Å². The number of benzene rings is 2. The molecule has 0 saturated carbocycles. The topological polar surface area (TPSA) is 0 Å². The minimum absolute atomic E-state index is 0.440. The molecule has 19 heavy (non-hydrogen) atoms. The molecule has 0 spiro atoms. The Morgan fingerprint density at radius 2 is 1.47 bits per heavy atom. The normalized spacial score (nSPS) is 13.0. The molecule has 3 rings (SSSR count). The molecule has 0 aromatic heterocycles. The van der Waals surface area contributed by atoms with Crippen LogP contribution in [0.25, 0.3) is 0 Å². The van der Waals surface area contributed by atoms with Gasteiger partial charge in [-0.3, -0.25) is 0 Å². The van der Waals surface area contributed by atoms with Crippen molar-refractivity contribution in [3.63, 3.8) is 0 Å². The molecule has 2 aromatic rings. The SMILES string of the molecule is ClCc1ccc2c(c1)Sc1cc(Cl)c(CCl)cc1S2. The molecule has 0 N–H and O–H groups in total. The molecule has 0 radical (unpaired) electrons. The number of alkyl halides is 2. The van der Waals surface area contributed by atoms with Crippen molar-refractivity contribution in [3.05, 3.63) is 46.5 Å². The summed E-state index contributed by atoms with van der Waals surface area (Å²) < 4.78 is 0. The third-order valence-electron chi connectivity index (χ3n) is 2.86. The van der Waals surface area contributed by atoms with Crippen LogP contribution in [0.1, 0.15) is 11.1 Å². The van der Waals surface area contributed by atoms with Gasteiger partial charge >= 0.3 is 0 Å². The quantitative estimate of drug-likeness (QED) is 0.490. The zero-order valence-electron chi connectivity index (χ0n) is 9.75. The Morgan fingerprint density at radius 3 is 2.21 bits per heavy atom. The van der Waals surface area contributed by atoms with E-state index in [1.807, 2.05) is 6.07 Å². The molecule has 0 fully saturated rings. The summed E-state index contributed by atoms with van der Waals surface area (Å²) >= 11 is 21.5. The van der Waals surface area contributed by atoms with Gasteiger partial charge in [-0.2, -0.15) is 0 Å². The van der Waals surface area contributed by atoms with Crippen LogP contribution in [0.3, 0.4) is 0 Å². The first kappa shape index (κ1) is 14.0. The highest BCUT2D eigenvalue weighted by Crippen LogP contribution is 2.50. The highest BCUT2D eigenvalue weighted by Gasteiger charge is 2.19. The summed E-state index contributed by atoms with van der Waals surface area (Å²) in [5, 5.41) is 0.735. The average molecular weight is 348 g/mol. The van der Waals surface area contributed by atoms with E-state index in [-0.39, 0.29) is 0 Å². The van der Waals surface area contributed by atoms with Crippen LogP contribution in [0.2, 0.25) is 5.02 Å². The number of hydrogen-bond acceptors (Lipinski definition) is 2. The Balaban J connectivity index is 2.04. The van der Waals surface area contributed by atoms with Crippen molar-refractivity contribution >= 4 is 58.3 Å². The number of fused-ring (bicyclic) bond motifs is 2. The van der Waals surface area contributed by atoms with Crippen LogP contribution in [0.15, 0.2) is 49.9 Å². The summed E-state index contributed by atoms with van der Waals surface area (Å²) in [4.78, 5) is 4.90. The summed E-state index contributed by atoms with van der Waals surface area (Å²) in [5.41, 5.74) is 2.12. The predicted molar refractivity (Wildman–Crippen MR) is 85.3 cm³/mol. The maximum Gasteiger partial charge on any atom is 0.0489 e. The van der Waals surface area contributed by atoms with Gasteiger partial charge in [-0.1, -0.05) is 41.2 Å². The molecule has 1 heterocycles. The zero-order chi connectivity index (χ0) is 13.4. The van der Waals surface area contributed by atoms with Gasteiger partial charge in [0.2, 0.25) is 0 Å². The lowest BCUT2D eigenvalue weighted by Crippen LogP contribution is -1.93. The Kier molecular flexibility index (Phi) is 4.25. The van der Waals surface area contributed by atoms with E-state index in [1.165, 1.54) is 19.6 Å². The van der Waals surface area contributed by atoms with Crippen LogP contribution in [-0.2, 0) is 11.8 Å². The van der Waals surface area contributed by atoms with Crippen LogP contribution >= 0.6 is 58.3 Å². The minimum Gasteiger partial charge on any atom is -0.122 e. The predicted octanol–water partition coefficient (Wildman–Crippen LogP) is 6.43. The number of rotatable bonds is 2. The summed E-state index contributed by atoms with van der Waals surface area (Å²) in [6, 6.07) is 10.4. The second-order valence-corrected chi connectivity index (χ2v) is 7.25. The lowest BCUT2D eigenvalue weighted by molar-refractivity contribution is 1.12. The average Bonchev–Trinajstić information content (AvgIpc) is 2.44. The van der Waals surface area contributed by atoms with E-state index >= 15 is 0 Å². The largest absolute Gasteiger partial charge is 0.122 e. The summed E-state index contributed by atoms with van der Waals surface area (Å²) in [6.07, 6.45) is 0. The lowest BCUT2D eigenvalue weighted by Gasteiger charge is -2.20. The molecule has 98 valence electrons. The summed E-state index contributed by atoms with van der Waals surface area (Å²) in [5.74, 6) is 0.979. The van der Waals surface area contributed by atoms with Crippen LogP contribution in [0.4, 0.5) is 0 Å². The summed E-state index contributed by atoms with van der Waals surface area (Å²) in [6.45, 7) is 0. The van der Waals surface area contributed by atoms with Gasteiger partial charge < -0.3 is 0 Å². The van der Waals surface area contributed by atoms with E-state index < -0.39 is 0 Å². The minimum atomic E-state index is 0.440. The summed E-state index contributed by atoms with van der Waals surface area (Å²) in [7, 11) is 0. The first-order valence-corrected chi connectivity index (χ1v) is 8.72. The van der Waals surface area contributed by atoms with Crippen molar-refractivity contribution in [1.82, 2.24) is 0 Å². The van der Waals surface area contributed by atoms with Crippen LogP contribution in [0.5, 0.6) is 0 Å². The fourth-order valence-corrected chi connectivity index (χ4v) is 4.97. The maximum absolute atomic E-state index is 6.22. The standard InChI is InChI=1S/C14H9Cl3S2/c15-6-8-1-2-11-12(3-8)19-14-5-10(17)9(7-16)4-13(14)18-11/h1-5H,6-7H2. The molecule has 0 unspecified atom stereocenters. The Bertz CT molecular complexity index is 641. The highest BCUT2D eigenvalue weighted by molar-refractivity contribution is 8.05. The number of hydrogen-bond donors (Lipinski definition) is 0. The Morgan fingerprint density at radius 1 is 0.789 bits per heavy atom. The second kappa shape index (κ2) is 5.79. The molecule has 1 aliphatic rings. The monoisotopic (exact) mass is 346 g/mol. The molecule has 2 aromatic carbocycles. The van der Waals surface area contributed by atoms with E-state index in [0.29, 0.717) is 11.8 Å². The van der Waals surface area contributed by atoms with E-state index in [9.17, 15) is 0 Å². The van der Waals surface area contributed by atoms with Crippen molar-refractivity contribution in [2.45, 2.75) is 31.3 Å². The van der Waals surface area contributed by atoms with Crippen molar-refractivity contribution in [2.75, 3.05) is 0 Å². The van der Waals surface area contributed by atoms with Gasteiger partial charge in [-0.25, -0.2) is 0 Å².